The Morgan fingerprint density at radius 3 is 2.54 bits per heavy atom. The van der Waals surface area contributed by atoms with E-state index in [4.69, 9.17) is 9.47 Å². The number of rotatable bonds is 7. The molecule has 1 saturated heterocycles. The monoisotopic (exact) mass is 491 g/mol. The van der Waals surface area contributed by atoms with E-state index >= 15 is 0 Å². The minimum atomic E-state index is -1.26. The predicted octanol–water partition coefficient (Wildman–Crippen LogP) is 5.01. The number of benzene rings is 3. The maximum absolute atomic E-state index is 13.0. The molecule has 0 saturated carbocycles. The SMILES string of the molecule is COc1cccc(CN2C(=O)S/C(=C\c3ccc(OC)c(-c4ccc(O)c(C(=O)O)c4)c3)C2=O)c1. The van der Waals surface area contributed by atoms with Gasteiger partial charge in [0.25, 0.3) is 11.1 Å². The van der Waals surface area contributed by atoms with Gasteiger partial charge < -0.3 is 19.7 Å². The van der Waals surface area contributed by atoms with Crippen LogP contribution in [0.5, 0.6) is 17.2 Å². The van der Waals surface area contributed by atoms with Gasteiger partial charge in [-0.1, -0.05) is 24.3 Å². The fourth-order valence-electron chi connectivity index (χ4n) is 3.66. The Morgan fingerprint density at radius 1 is 1.03 bits per heavy atom. The van der Waals surface area contributed by atoms with Crippen molar-refractivity contribution in [2.24, 2.45) is 0 Å². The summed E-state index contributed by atoms with van der Waals surface area (Å²) in [4.78, 5) is 38.4. The fraction of sp³-hybridized carbons (Fsp3) is 0.115. The molecule has 3 aromatic rings. The molecular weight excluding hydrogens is 470 g/mol. The van der Waals surface area contributed by atoms with E-state index in [1.807, 2.05) is 6.07 Å². The van der Waals surface area contributed by atoms with Crippen LogP contribution in [0, 0.1) is 0 Å². The van der Waals surface area contributed by atoms with Crippen molar-refractivity contribution in [3.8, 4) is 28.4 Å². The number of methoxy groups -OCH3 is 2. The minimum Gasteiger partial charge on any atom is -0.507 e. The zero-order chi connectivity index (χ0) is 25.1. The summed E-state index contributed by atoms with van der Waals surface area (Å²) in [6.07, 6.45) is 1.61. The van der Waals surface area contributed by atoms with Crippen LogP contribution in [0.3, 0.4) is 0 Å². The number of nitrogens with zero attached hydrogens (tertiary/aromatic N) is 1. The first-order chi connectivity index (χ1) is 16.8. The molecule has 1 fully saturated rings. The average molecular weight is 492 g/mol. The molecule has 0 atom stereocenters. The first-order valence-corrected chi connectivity index (χ1v) is 11.3. The molecule has 0 unspecified atom stereocenters. The number of imide groups is 1. The lowest BCUT2D eigenvalue weighted by Crippen LogP contribution is -2.27. The van der Waals surface area contributed by atoms with Gasteiger partial charge in [0.2, 0.25) is 0 Å². The van der Waals surface area contributed by atoms with Crippen molar-refractivity contribution in [1.29, 1.82) is 0 Å². The first-order valence-electron chi connectivity index (χ1n) is 10.4. The second-order valence-electron chi connectivity index (χ2n) is 7.62. The minimum absolute atomic E-state index is 0.124. The summed E-state index contributed by atoms with van der Waals surface area (Å²) in [5, 5.41) is 18.8. The fourth-order valence-corrected chi connectivity index (χ4v) is 4.50. The van der Waals surface area contributed by atoms with Crippen LogP contribution in [-0.4, -0.2) is 46.4 Å². The molecule has 0 aliphatic carbocycles. The van der Waals surface area contributed by atoms with E-state index in [1.165, 1.54) is 24.1 Å². The third-order valence-electron chi connectivity index (χ3n) is 5.41. The number of phenols is 1. The number of carboxylic acids is 1. The molecule has 3 aromatic carbocycles. The van der Waals surface area contributed by atoms with Crippen LogP contribution in [0.15, 0.2) is 65.6 Å². The molecule has 0 bridgehead atoms. The first kappa shape index (κ1) is 23.9. The largest absolute Gasteiger partial charge is 0.507 e. The van der Waals surface area contributed by atoms with Crippen LogP contribution in [0.25, 0.3) is 17.2 Å². The van der Waals surface area contributed by atoms with Gasteiger partial charge in [0.15, 0.2) is 0 Å². The van der Waals surface area contributed by atoms with Crippen LogP contribution in [0.1, 0.15) is 21.5 Å². The van der Waals surface area contributed by atoms with Gasteiger partial charge in [-0.3, -0.25) is 14.5 Å². The van der Waals surface area contributed by atoms with Gasteiger partial charge in [-0.05, 0) is 70.9 Å². The third kappa shape index (κ3) is 4.99. The highest BCUT2D eigenvalue weighted by atomic mass is 32.2. The average Bonchev–Trinajstić information content (AvgIpc) is 3.11. The summed E-state index contributed by atoms with van der Waals surface area (Å²) in [5.41, 5.74) is 2.23. The van der Waals surface area contributed by atoms with Gasteiger partial charge >= 0.3 is 5.97 Å². The maximum Gasteiger partial charge on any atom is 0.339 e. The number of thioether (sulfide) groups is 1. The number of carbonyl (C=O) groups excluding carboxylic acids is 2. The molecule has 0 aromatic heterocycles. The number of carbonyl (C=O) groups is 3. The van der Waals surface area contributed by atoms with Gasteiger partial charge in [-0.2, -0.15) is 0 Å². The molecule has 2 N–H and O–H groups in total. The molecule has 9 heteroatoms. The smallest absolute Gasteiger partial charge is 0.339 e. The number of aromatic hydroxyl groups is 1. The Balaban J connectivity index is 1.65. The standard InChI is InChI=1S/C26H21NO7S/c1-33-18-5-3-4-16(10-18)14-27-24(29)23(35-26(27)32)12-15-6-9-22(34-2)19(11-15)17-7-8-21(28)20(13-17)25(30)31/h3-13,28H,14H2,1-2H3,(H,30,31)/b23-12-. The molecule has 1 aliphatic heterocycles. The molecule has 1 aliphatic rings. The van der Waals surface area contributed by atoms with Crippen molar-refractivity contribution < 1.29 is 34.1 Å². The van der Waals surface area contributed by atoms with Gasteiger partial charge in [0, 0.05) is 5.56 Å². The molecule has 4 rings (SSSR count). The van der Waals surface area contributed by atoms with E-state index < -0.39 is 11.9 Å². The van der Waals surface area contributed by atoms with Crippen molar-refractivity contribution in [2.75, 3.05) is 14.2 Å². The highest BCUT2D eigenvalue weighted by Gasteiger charge is 2.35. The van der Waals surface area contributed by atoms with Crippen LogP contribution >= 0.6 is 11.8 Å². The summed E-state index contributed by atoms with van der Waals surface area (Å²) in [7, 11) is 3.03. The predicted molar refractivity (Wildman–Crippen MR) is 132 cm³/mol. The third-order valence-corrected chi connectivity index (χ3v) is 6.32. The van der Waals surface area contributed by atoms with Gasteiger partial charge in [0.05, 0.1) is 25.7 Å². The molecule has 1 heterocycles. The zero-order valence-electron chi connectivity index (χ0n) is 18.8. The van der Waals surface area contributed by atoms with Gasteiger partial charge in [-0.15, -0.1) is 0 Å². The normalized spacial score (nSPS) is 14.5. The van der Waals surface area contributed by atoms with Crippen LogP contribution in [0.4, 0.5) is 4.79 Å². The van der Waals surface area contributed by atoms with Crippen molar-refractivity contribution >= 4 is 35.0 Å². The highest BCUT2D eigenvalue weighted by molar-refractivity contribution is 8.18. The zero-order valence-corrected chi connectivity index (χ0v) is 19.7. The van der Waals surface area contributed by atoms with Crippen molar-refractivity contribution in [2.45, 2.75) is 6.54 Å². The van der Waals surface area contributed by atoms with E-state index in [-0.39, 0.29) is 28.0 Å². The molecule has 2 amide bonds. The van der Waals surface area contributed by atoms with Crippen LogP contribution in [0.2, 0.25) is 0 Å². The molecule has 8 nitrogen and oxygen atoms in total. The van der Waals surface area contributed by atoms with Crippen LogP contribution < -0.4 is 9.47 Å². The molecule has 0 radical (unpaired) electrons. The summed E-state index contributed by atoms with van der Waals surface area (Å²) in [6.45, 7) is 0.124. The topological polar surface area (TPSA) is 113 Å². The van der Waals surface area contributed by atoms with Gasteiger partial charge in [0.1, 0.15) is 22.8 Å². The van der Waals surface area contributed by atoms with Gasteiger partial charge in [-0.25, -0.2) is 4.79 Å². The number of carboxylic acid groups (broad SMARTS) is 1. The number of ether oxygens (including phenoxy) is 2. The molecule has 35 heavy (non-hydrogen) atoms. The van der Waals surface area contributed by atoms with E-state index in [9.17, 15) is 24.6 Å². The molecular formula is C26H21NO7S. The number of aromatic carboxylic acids is 1. The van der Waals surface area contributed by atoms with E-state index in [2.05, 4.69) is 0 Å². The lowest BCUT2D eigenvalue weighted by Gasteiger charge is -2.13. The summed E-state index contributed by atoms with van der Waals surface area (Å²) < 4.78 is 10.6. The number of hydrogen-bond acceptors (Lipinski definition) is 7. The van der Waals surface area contributed by atoms with Crippen molar-refractivity contribution in [3.05, 3.63) is 82.3 Å². The lowest BCUT2D eigenvalue weighted by molar-refractivity contribution is -0.123. The van der Waals surface area contributed by atoms with Crippen LogP contribution in [-0.2, 0) is 11.3 Å². The quantitative estimate of drug-likeness (QED) is 0.444. The summed E-state index contributed by atoms with van der Waals surface area (Å²) in [5.74, 6) is -0.894. The number of amides is 2. The van der Waals surface area contributed by atoms with E-state index in [0.29, 0.717) is 28.2 Å². The molecule has 0 spiro atoms. The Labute approximate surface area is 205 Å². The van der Waals surface area contributed by atoms with Crippen molar-refractivity contribution in [3.63, 3.8) is 0 Å². The summed E-state index contributed by atoms with van der Waals surface area (Å²) in [6, 6.07) is 16.5. The Bertz CT molecular complexity index is 1370. The van der Waals surface area contributed by atoms with E-state index in [0.717, 1.165) is 17.3 Å². The summed E-state index contributed by atoms with van der Waals surface area (Å²) >= 11 is 0.851. The van der Waals surface area contributed by atoms with E-state index in [1.54, 1.807) is 55.7 Å². The Kier molecular flexibility index (Phi) is 6.79. The lowest BCUT2D eigenvalue weighted by atomic mass is 9.99. The van der Waals surface area contributed by atoms with Crippen molar-refractivity contribution in [1.82, 2.24) is 4.90 Å². The molecule has 178 valence electrons. The Hall–Kier alpha value is -4.24. The maximum atomic E-state index is 13.0. The second-order valence-corrected chi connectivity index (χ2v) is 8.61. The Morgan fingerprint density at radius 2 is 1.83 bits per heavy atom. The number of hydrogen-bond donors (Lipinski definition) is 2. The second kappa shape index (κ2) is 9.94. The highest BCUT2D eigenvalue weighted by Crippen LogP contribution is 2.37.